The molecule has 1 N–H and O–H groups in total. The van der Waals surface area contributed by atoms with Crippen molar-refractivity contribution < 1.29 is 19.5 Å². The van der Waals surface area contributed by atoms with Crippen LogP contribution in [0.2, 0.25) is 0 Å². The van der Waals surface area contributed by atoms with E-state index in [-0.39, 0.29) is 23.2 Å². The molecular weight excluding hydrogens is 370 g/mol. The van der Waals surface area contributed by atoms with Gasteiger partial charge in [-0.15, -0.1) is 0 Å². The molecule has 1 fully saturated rings. The van der Waals surface area contributed by atoms with Gasteiger partial charge in [0.15, 0.2) is 5.78 Å². The van der Waals surface area contributed by atoms with Crippen molar-refractivity contribution >= 4 is 17.7 Å². The minimum Gasteiger partial charge on any atom is -0.478 e. The lowest BCUT2D eigenvalue weighted by Gasteiger charge is -2.33. The molecule has 0 radical (unpaired) electrons. The first kappa shape index (κ1) is 20.8. The lowest BCUT2D eigenvalue weighted by atomic mass is 9.89. The Hall–Kier alpha value is -2.96. The fraction of sp³-hybridized carbons (Fsp3) is 0.455. The second kappa shape index (κ2) is 8.59. The van der Waals surface area contributed by atoms with Crippen LogP contribution in [0.25, 0.3) is 0 Å². The van der Waals surface area contributed by atoms with E-state index in [1.807, 2.05) is 24.8 Å². The average Bonchev–Trinajstić information content (AvgIpc) is 2.99. The number of amides is 1. The Bertz CT molecular complexity index is 948. The fourth-order valence-electron chi connectivity index (χ4n) is 4.19. The van der Waals surface area contributed by atoms with Crippen LogP contribution in [0.1, 0.15) is 69.8 Å². The summed E-state index contributed by atoms with van der Waals surface area (Å²) in [6.45, 7) is 6.94. The molecule has 1 aromatic carbocycles. The van der Waals surface area contributed by atoms with Gasteiger partial charge in [0, 0.05) is 37.7 Å². The predicted molar refractivity (Wildman–Crippen MR) is 108 cm³/mol. The van der Waals surface area contributed by atoms with Gasteiger partial charge in [-0.3, -0.25) is 14.3 Å². The number of Topliss-reactive ketones (excluding diaryl/α,β-unsaturated/α-hetero) is 1. The van der Waals surface area contributed by atoms with Crippen LogP contribution in [0.15, 0.2) is 24.3 Å². The maximum absolute atomic E-state index is 12.8. The fourth-order valence-corrected chi connectivity index (χ4v) is 4.19. The third-order valence-electron chi connectivity index (χ3n) is 5.65. The molecule has 1 aliphatic rings. The van der Waals surface area contributed by atoms with Crippen molar-refractivity contribution in [1.29, 1.82) is 0 Å². The van der Waals surface area contributed by atoms with Gasteiger partial charge in [-0.25, -0.2) is 4.79 Å². The molecule has 7 nitrogen and oxygen atoms in total. The Morgan fingerprint density at radius 3 is 2.66 bits per heavy atom. The number of carboxylic acid groups (broad SMARTS) is 1. The third kappa shape index (κ3) is 4.55. The van der Waals surface area contributed by atoms with Crippen LogP contribution in [0, 0.1) is 13.8 Å². The second-order valence-corrected chi connectivity index (χ2v) is 7.68. The number of benzene rings is 1. The first-order valence-corrected chi connectivity index (χ1v) is 9.94. The van der Waals surface area contributed by atoms with Gasteiger partial charge in [-0.2, -0.15) is 5.10 Å². The Morgan fingerprint density at radius 2 is 2.00 bits per heavy atom. The molecule has 0 saturated carbocycles. The Labute approximate surface area is 170 Å². The highest BCUT2D eigenvalue weighted by molar-refractivity contribution is 5.96. The van der Waals surface area contributed by atoms with Crippen molar-refractivity contribution in [1.82, 2.24) is 14.7 Å². The Balaban J connectivity index is 1.65. The summed E-state index contributed by atoms with van der Waals surface area (Å²) in [7, 11) is 0. The molecule has 2 aromatic rings. The number of hydrogen-bond donors (Lipinski definition) is 1. The molecule has 7 heteroatoms. The van der Waals surface area contributed by atoms with E-state index in [1.165, 1.54) is 6.92 Å². The van der Waals surface area contributed by atoms with E-state index in [0.29, 0.717) is 37.3 Å². The molecule has 1 aromatic heterocycles. The first-order chi connectivity index (χ1) is 13.8. The van der Waals surface area contributed by atoms with Gasteiger partial charge < -0.3 is 10.0 Å². The lowest BCUT2D eigenvalue weighted by Crippen LogP contribution is -2.39. The molecule has 1 aliphatic heterocycles. The zero-order valence-electron chi connectivity index (χ0n) is 17.1. The summed E-state index contributed by atoms with van der Waals surface area (Å²) >= 11 is 0. The average molecular weight is 397 g/mol. The molecule has 3 rings (SSSR count). The number of carboxylic acids is 1. The highest BCUT2D eigenvalue weighted by Gasteiger charge is 2.25. The molecule has 0 unspecified atom stereocenters. The zero-order valence-corrected chi connectivity index (χ0v) is 17.1. The maximum Gasteiger partial charge on any atom is 0.335 e. The summed E-state index contributed by atoms with van der Waals surface area (Å²) in [5.41, 5.74) is 3.36. The number of aromatic nitrogens is 2. The number of aromatic carboxylic acids is 1. The Kier molecular flexibility index (Phi) is 6.15. The second-order valence-electron chi connectivity index (χ2n) is 7.68. The van der Waals surface area contributed by atoms with E-state index < -0.39 is 5.97 Å². The first-order valence-electron chi connectivity index (χ1n) is 9.94. The van der Waals surface area contributed by atoms with E-state index in [9.17, 15) is 19.5 Å². The van der Waals surface area contributed by atoms with E-state index in [4.69, 9.17) is 0 Å². The molecule has 29 heavy (non-hydrogen) atoms. The van der Waals surface area contributed by atoms with E-state index in [2.05, 4.69) is 5.10 Å². The number of piperidine rings is 1. The van der Waals surface area contributed by atoms with Crippen LogP contribution >= 0.6 is 0 Å². The SMILES string of the molecule is CC(=O)c1c(C)nn(CCC(=O)N2CCC[C@H](c3cccc(C(=O)O)c3)C2)c1C. The van der Waals surface area contributed by atoms with Crippen LogP contribution in [0.4, 0.5) is 0 Å². The molecule has 1 amide bonds. The van der Waals surface area contributed by atoms with Gasteiger partial charge in [-0.1, -0.05) is 12.1 Å². The van der Waals surface area contributed by atoms with Crippen molar-refractivity contribution in [3.63, 3.8) is 0 Å². The number of nitrogens with zero attached hydrogens (tertiary/aromatic N) is 3. The van der Waals surface area contributed by atoms with Crippen molar-refractivity contribution in [2.45, 2.75) is 52.5 Å². The normalized spacial score (nSPS) is 16.7. The molecule has 0 bridgehead atoms. The van der Waals surface area contributed by atoms with E-state index in [1.54, 1.807) is 22.9 Å². The van der Waals surface area contributed by atoms with Gasteiger partial charge in [0.1, 0.15) is 0 Å². The number of likely N-dealkylation sites (tertiary alicyclic amines) is 1. The van der Waals surface area contributed by atoms with Gasteiger partial charge in [-0.05, 0) is 51.3 Å². The monoisotopic (exact) mass is 397 g/mol. The summed E-state index contributed by atoms with van der Waals surface area (Å²) in [6, 6.07) is 6.99. The van der Waals surface area contributed by atoms with Crippen molar-refractivity contribution in [3.8, 4) is 0 Å². The Morgan fingerprint density at radius 1 is 1.24 bits per heavy atom. The van der Waals surface area contributed by atoms with Crippen LogP contribution in [-0.4, -0.2) is 50.5 Å². The van der Waals surface area contributed by atoms with Crippen LogP contribution < -0.4 is 0 Å². The van der Waals surface area contributed by atoms with Gasteiger partial charge in [0.2, 0.25) is 5.91 Å². The minimum atomic E-state index is -0.939. The van der Waals surface area contributed by atoms with Crippen LogP contribution in [0.3, 0.4) is 0 Å². The van der Waals surface area contributed by atoms with Crippen LogP contribution in [-0.2, 0) is 11.3 Å². The van der Waals surface area contributed by atoms with Gasteiger partial charge >= 0.3 is 5.97 Å². The quantitative estimate of drug-likeness (QED) is 0.756. The zero-order chi connectivity index (χ0) is 21.1. The van der Waals surface area contributed by atoms with Crippen molar-refractivity contribution in [3.05, 3.63) is 52.3 Å². The number of hydrogen-bond acceptors (Lipinski definition) is 4. The molecule has 0 spiro atoms. The molecule has 1 atom stereocenters. The van der Waals surface area contributed by atoms with Crippen LogP contribution in [0.5, 0.6) is 0 Å². The highest BCUT2D eigenvalue weighted by atomic mass is 16.4. The standard InChI is InChI=1S/C22H27N3O4/c1-14-21(16(3)26)15(2)25(23-14)11-9-20(27)24-10-5-8-19(13-24)17-6-4-7-18(12-17)22(28)29/h4,6-7,12,19H,5,8-11,13H2,1-3H3,(H,28,29)/t19-/m0/s1. The number of carbonyl (C=O) groups is 3. The summed E-state index contributed by atoms with van der Waals surface area (Å²) in [4.78, 5) is 37.6. The number of aryl methyl sites for hydroxylation is 2. The van der Waals surface area contributed by atoms with Gasteiger partial charge in [0.05, 0.1) is 16.8 Å². The highest BCUT2D eigenvalue weighted by Crippen LogP contribution is 2.28. The van der Waals surface area contributed by atoms with Crippen molar-refractivity contribution in [2.24, 2.45) is 0 Å². The summed E-state index contributed by atoms with van der Waals surface area (Å²) in [6.07, 6.45) is 2.15. The molecule has 1 saturated heterocycles. The molecule has 2 heterocycles. The van der Waals surface area contributed by atoms with E-state index in [0.717, 1.165) is 24.1 Å². The summed E-state index contributed by atoms with van der Waals surface area (Å²) in [5, 5.41) is 13.6. The third-order valence-corrected chi connectivity index (χ3v) is 5.65. The van der Waals surface area contributed by atoms with Crippen molar-refractivity contribution in [2.75, 3.05) is 13.1 Å². The minimum absolute atomic E-state index is 0.0139. The number of ketones is 1. The van der Waals surface area contributed by atoms with Gasteiger partial charge in [0.25, 0.3) is 0 Å². The largest absolute Gasteiger partial charge is 0.478 e. The molecule has 0 aliphatic carbocycles. The molecule has 154 valence electrons. The number of carbonyl (C=O) groups excluding carboxylic acids is 2. The molecular formula is C22H27N3O4. The lowest BCUT2D eigenvalue weighted by molar-refractivity contribution is -0.132. The topological polar surface area (TPSA) is 92.5 Å². The maximum atomic E-state index is 12.8. The summed E-state index contributed by atoms with van der Waals surface area (Å²) in [5.74, 6) is -0.753. The predicted octanol–water partition coefficient (Wildman–Crippen LogP) is 3.20. The number of rotatable bonds is 6. The van der Waals surface area contributed by atoms with E-state index >= 15 is 0 Å². The summed E-state index contributed by atoms with van der Waals surface area (Å²) < 4.78 is 1.74. The smallest absolute Gasteiger partial charge is 0.335 e.